The Kier molecular flexibility index (Phi) is 7.45. The molecule has 0 aliphatic carbocycles. The van der Waals surface area contributed by atoms with Crippen molar-refractivity contribution in [2.24, 2.45) is 0 Å². The van der Waals surface area contributed by atoms with Crippen molar-refractivity contribution in [1.29, 1.82) is 0 Å². The third-order valence-corrected chi connectivity index (χ3v) is 9.08. The maximum absolute atomic E-state index is 6.48. The van der Waals surface area contributed by atoms with E-state index in [1.807, 2.05) is 48.5 Å². The molecule has 0 saturated carbocycles. The number of furan rings is 1. The Balaban J connectivity index is 1.13. The molecule has 236 valence electrons. The zero-order valence-corrected chi connectivity index (χ0v) is 27.1. The molecule has 0 amide bonds. The van der Waals surface area contributed by atoms with E-state index in [9.17, 15) is 0 Å². The van der Waals surface area contributed by atoms with E-state index in [2.05, 4.69) is 144 Å². The molecule has 9 rings (SSSR count). The summed E-state index contributed by atoms with van der Waals surface area (Å²) in [6, 6.07) is 65.0. The number of hydrogen-bond donors (Lipinski definition) is 0. The molecule has 0 N–H and O–H groups in total. The zero-order chi connectivity index (χ0) is 33.3. The first-order valence-corrected chi connectivity index (χ1v) is 16.7. The van der Waals surface area contributed by atoms with Gasteiger partial charge >= 0.3 is 0 Å². The molecule has 0 spiro atoms. The molecule has 0 bridgehead atoms. The maximum atomic E-state index is 6.48. The fourth-order valence-corrected chi connectivity index (χ4v) is 6.59. The van der Waals surface area contributed by atoms with Gasteiger partial charge in [-0.3, -0.25) is 0 Å². The number of aromatic nitrogens is 2. The summed E-state index contributed by atoms with van der Waals surface area (Å²) < 4.78 is 6.48. The highest BCUT2D eigenvalue weighted by atomic mass is 16.3. The topological polar surface area (TPSA) is 42.2 Å². The Morgan fingerprint density at radius 1 is 0.340 bits per heavy atom. The van der Waals surface area contributed by atoms with Crippen molar-refractivity contribution in [1.82, 2.24) is 9.97 Å². The van der Waals surface area contributed by atoms with Gasteiger partial charge in [0, 0.05) is 44.5 Å². The Hall–Kier alpha value is -6.78. The van der Waals surface area contributed by atoms with Gasteiger partial charge in [-0.2, -0.15) is 0 Å². The lowest BCUT2D eigenvalue weighted by Gasteiger charge is -2.25. The van der Waals surface area contributed by atoms with Crippen molar-refractivity contribution in [3.05, 3.63) is 188 Å². The van der Waals surface area contributed by atoms with Crippen molar-refractivity contribution in [2.75, 3.05) is 4.90 Å². The van der Waals surface area contributed by atoms with Crippen LogP contribution in [0.25, 0.3) is 67.0 Å². The lowest BCUT2D eigenvalue weighted by Crippen LogP contribution is -2.09. The number of hydrogen-bond acceptors (Lipinski definition) is 4. The van der Waals surface area contributed by atoms with Crippen LogP contribution in [0.5, 0.6) is 0 Å². The van der Waals surface area contributed by atoms with Gasteiger partial charge in [-0.1, -0.05) is 127 Å². The smallest absolute Gasteiger partial charge is 0.160 e. The van der Waals surface area contributed by atoms with Gasteiger partial charge in [-0.05, 0) is 71.8 Å². The summed E-state index contributed by atoms with van der Waals surface area (Å²) in [5.74, 6) is 0.655. The van der Waals surface area contributed by atoms with Crippen molar-refractivity contribution >= 4 is 39.0 Å². The summed E-state index contributed by atoms with van der Waals surface area (Å²) in [5.41, 5.74) is 12.0. The number of rotatable bonds is 7. The fraction of sp³-hybridized carbons (Fsp3) is 0. The van der Waals surface area contributed by atoms with E-state index >= 15 is 0 Å². The van der Waals surface area contributed by atoms with Crippen molar-refractivity contribution in [3.63, 3.8) is 0 Å². The van der Waals surface area contributed by atoms with Gasteiger partial charge < -0.3 is 9.32 Å². The van der Waals surface area contributed by atoms with Gasteiger partial charge in [-0.15, -0.1) is 0 Å². The molecule has 9 aromatic rings. The van der Waals surface area contributed by atoms with Gasteiger partial charge in [0.1, 0.15) is 11.2 Å². The highest BCUT2D eigenvalue weighted by Crippen LogP contribution is 2.40. The molecule has 2 heterocycles. The van der Waals surface area contributed by atoms with E-state index in [0.717, 1.165) is 67.1 Å². The van der Waals surface area contributed by atoms with Crippen LogP contribution in [0.2, 0.25) is 0 Å². The Morgan fingerprint density at radius 3 is 1.46 bits per heavy atom. The molecule has 7 aromatic carbocycles. The number of nitrogens with zero attached hydrogens (tertiary/aromatic N) is 3. The van der Waals surface area contributed by atoms with E-state index in [0.29, 0.717) is 5.82 Å². The highest BCUT2D eigenvalue weighted by Gasteiger charge is 2.17. The maximum Gasteiger partial charge on any atom is 0.160 e. The van der Waals surface area contributed by atoms with Crippen LogP contribution in [0.4, 0.5) is 17.1 Å². The summed E-state index contributed by atoms with van der Waals surface area (Å²) in [7, 11) is 0. The van der Waals surface area contributed by atoms with Gasteiger partial charge in [0.2, 0.25) is 0 Å². The van der Waals surface area contributed by atoms with Crippen LogP contribution in [0.15, 0.2) is 192 Å². The first-order valence-electron chi connectivity index (χ1n) is 16.7. The molecule has 0 fully saturated rings. The monoisotopic (exact) mass is 641 g/mol. The second-order valence-electron chi connectivity index (χ2n) is 12.3. The number of anilines is 3. The molecule has 0 aliphatic rings. The van der Waals surface area contributed by atoms with Crippen LogP contribution in [0.3, 0.4) is 0 Å². The Labute approximate surface area is 290 Å². The summed E-state index contributed by atoms with van der Waals surface area (Å²) in [4.78, 5) is 12.3. The number of fused-ring (bicyclic) bond motifs is 3. The van der Waals surface area contributed by atoms with Crippen LogP contribution in [0, 0.1) is 0 Å². The van der Waals surface area contributed by atoms with E-state index in [1.54, 1.807) is 0 Å². The van der Waals surface area contributed by atoms with Gasteiger partial charge in [0.15, 0.2) is 5.82 Å². The molecule has 0 radical (unpaired) electrons. The molecule has 0 atom stereocenters. The first kappa shape index (κ1) is 29.4. The summed E-state index contributed by atoms with van der Waals surface area (Å²) in [6.45, 7) is 0. The molecule has 4 heteroatoms. The van der Waals surface area contributed by atoms with E-state index in [1.165, 1.54) is 11.1 Å². The lowest BCUT2D eigenvalue weighted by atomic mass is 10.0. The van der Waals surface area contributed by atoms with E-state index in [4.69, 9.17) is 14.4 Å². The molecule has 50 heavy (non-hydrogen) atoms. The Bertz CT molecular complexity index is 2510. The quantitative estimate of drug-likeness (QED) is 0.174. The van der Waals surface area contributed by atoms with Gasteiger partial charge in [0.25, 0.3) is 0 Å². The zero-order valence-electron chi connectivity index (χ0n) is 27.1. The number of para-hydroxylation sites is 1. The molecule has 2 aromatic heterocycles. The summed E-state index contributed by atoms with van der Waals surface area (Å²) in [5, 5.41) is 2.09. The number of benzene rings is 7. The van der Waals surface area contributed by atoms with Gasteiger partial charge in [0.05, 0.1) is 11.4 Å². The van der Waals surface area contributed by atoms with Crippen molar-refractivity contribution in [3.8, 4) is 45.0 Å². The molecule has 0 aliphatic heterocycles. The second kappa shape index (κ2) is 12.7. The Morgan fingerprint density at radius 2 is 0.840 bits per heavy atom. The van der Waals surface area contributed by atoms with Crippen LogP contribution in [0.1, 0.15) is 0 Å². The van der Waals surface area contributed by atoms with Crippen molar-refractivity contribution < 1.29 is 4.42 Å². The first-order chi connectivity index (χ1) is 24.8. The minimum atomic E-state index is 0.655. The molecular weight excluding hydrogens is 611 g/mol. The normalized spacial score (nSPS) is 11.2. The third kappa shape index (κ3) is 5.59. The predicted octanol–water partition coefficient (Wildman–Crippen LogP) is 12.5. The summed E-state index contributed by atoms with van der Waals surface area (Å²) in [6.07, 6.45) is 0. The average molecular weight is 642 g/mol. The van der Waals surface area contributed by atoms with Crippen LogP contribution < -0.4 is 4.90 Å². The second-order valence-corrected chi connectivity index (χ2v) is 12.3. The standard InChI is InChI=1S/C46H31N3O/c1-5-13-32(14-6-1)33-21-24-38(25-22-33)49(37-19-11-4-12-20-37)39-26-28-44-41(30-39)40-27-23-36(29-45(40)50-44)46-47-42(34-15-7-2-8-16-34)31-43(48-46)35-17-9-3-10-18-35/h1-31H. The SMILES string of the molecule is c1ccc(-c2ccc(N(c3ccccc3)c3ccc4oc5cc(-c6nc(-c7ccccc7)cc(-c7ccccc7)n6)ccc5c4c3)cc2)cc1. The summed E-state index contributed by atoms with van der Waals surface area (Å²) >= 11 is 0. The molecule has 4 nitrogen and oxygen atoms in total. The third-order valence-electron chi connectivity index (χ3n) is 9.08. The van der Waals surface area contributed by atoms with Crippen molar-refractivity contribution in [2.45, 2.75) is 0 Å². The van der Waals surface area contributed by atoms with Gasteiger partial charge in [-0.25, -0.2) is 9.97 Å². The van der Waals surface area contributed by atoms with Crippen LogP contribution >= 0.6 is 0 Å². The lowest BCUT2D eigenvalue weighted by molar-refractivity contribution is 0.669. The molecule has 0 saturated heterocycles. The average Bonchev–Trinajstić information content (AvgIpc) is 3.57. The van der Waals surface area contributed by atoms with Crippen LogP contribution in [-0.4, -0.2) is 9.97 Å². The molecule has 0 unspecified atom stereocenters. The minimum Gasteiger partial charge on any atom is -0.456 e. The highest BCUT2D eigenvalue weighted by molar-refractivity contribution is 6.07. The largest absolute Gasteiger partial charge is 0.456 e. The van der Waals surface area contributed by atoms with Crippen LogP contribution in [-0.2, 0) is 0 Å². The van der Waals surface area contributed by atoms with E-state index < -0.39 is 0 Å². The predicted molar refractivity (Wildman–Crippen MR) is 206 cm³/mol. The minimum absolute atomic E-state index is 0.655. The van der Waals surface area contributed by atoms with E-state index in [-0.39, 0.29) is 0 Å². The fourth-order valence-electron chi connectivity index (χ4n) is 6.59. The molecular formula is C46H31N3O.